The molecule has 5 aromatic rings. The number of aromatic amines is 1. The molecule has 2 N–H and O–H groups in total. The van der Waals surface area contributed by atoms with Gasteiger partial charge in [-0.05, 0) is 131 Å². The van der Waals surface area contributed by atoms with Crippen molar-refractivity contribution in [2.45, 2.75) is 58.0 Å². The number of H-pyrrole nitrogens is 1. The van der Waals surface area contributed by atoms with E-state index in [0.29, 0.717) is 6.04 Å². The molecule has 0 spiro atoms. The van der Waals surface area contributed by atoms with E-state index in [-0.39, 0.29) is 7.43 Å². The van der Waals surface area contributed by atoms with Crippen LogP contribution in [0.2, 0.25) is 0 Å². The number of hydrogen-bond donors (Lipinski definition) is 2. The maximum Gasteiger partial charge on any atom is 0.124 e. The predicted octanol–water partition coefficient (Wildman–Crippen LogP) is 8.78. The van der Waals surface area contributed by atoms with Crippen molar-refractivity contribution in [2.75, 3.05) is 0 Å². The zero-order valence-corrected chi connectivity index (χ0v) is 22.5. The summed E-state index contributed by atoms with van der Waals surface area (Å²) in [7, 11) is 0. The average molecular weight is 537 g/mol. The van der Waals surface area contributed by atoms with Crippen molar-refractivity contribution in [3.8, 4) is 22.3 Å². The first-order chi connectivity index (χ1) is 19.7. The molecule has 4 heteroatoms. The molecule has 1 aromatic heterocycles. The zero-order chi connectivity index (χ0) is 25.9. The molecule has 0 amide bonds. The Morgan fingerprint density at radius 3 is 2.12 bits per heavy atom. The van der Waals surface area contributed by atoms with Crippen LogP contribution in [0.1, 0.15) is 57.0 Å². The largest absolute Gasteiger partial charge is 0.341 e. The van der Waals surface area contributed by atoms with Gasteiger partial charge in [0.15, 0.2) is 0 Å². The van der Waals surface area contributed by atoms with Crippen molar-refractivity contribution in [1.29, 1.82) is 0 Å². The third-order valence-electron chi connectivity index (χ3n) is 10.6. The van der Waals surface area contributed by atoms with Crippen LogP contribution in [-0.2, 0) is 6.42 Å². The Morgan fingerprint density at radius 1 is 0.659 bits per heavy atom. The molecule has 0 bridgehead atoms. The Labute approximate surface area is 241 Å². The number of aromatic nitrogens is 2. The molecule has 3 aliphatic carbocycles. The van der Waals surface area contributed by atoms with Gasteiger partial charge < -0.3 is 10.3 Å². The summed E-state index contributed by atoms with van der Waals surface area (Å²) in [6.45, 7) is 0. The smallest absolute Gasteiger partial charge is 0.124 e. The first-order valence-electron chi connectivity index (χ1n) is 15.2. The van der Waals surface area contributed by atoms with E-state index in [1.54, 1.807) is 0 Å². The molecular formula is C37H36N4. The number of hydrogen-bond acceptors (Lipinski definition) is 3. The van der Waals surface area contributed by atoms with Gasteiger partial charge in [0.1, 0.15) is 5.82 Å². The van der Waals surface area contributed by atoms with Crippen molar-refractivity contribution < 1.29 is 0 Å². The molecule has 10 rings (SSSR count). The summed E-state index contributed by atoms with van der Waals surface area (Å²) in [6, 6.07) is 28.3. The Kier molecular flexibility index (Phi) is 5.03. The maximum absolute atomic E-state index is 5.06. The Balaban J connectivity index is 0.00000240. The fourth-order valence-corrected chi connectivity index (χ4v) is 8.14. The topological polar surface area (TPSA) is 53.1 Å². The second kappa shape index (κ2) is 8.62. The monoisotopic (exact) mass is 536 g/mol. The lowest BCUT2D eigenvalue weighted by Gasteiger charge is -2.11. The normalized spacial score (nSPS) is 28.7. The zero-order valence-electron chi connectivity index (χ0n) is 22.5. The molecule has 4 aromatic carbocycles. The molecule has 2 aliphatic heterocycles. The molecule has 5 aliphatic rings. The number of piperidine rings is 1. The van der Waals surface area contributed by atoms with Crippen molar-refractivity contribution in [1.82, 2.24) is 15.3 Å². The molecule has 204 valence electrons. The number of rotatable bonds is 4. The van der Waals surface area contributed by atoms with Crippen LogP contribution in [0.5, 0.6) is 0 Å². The summed E-state index contributed by atoms with van der Waals surface area (Å²) in [5, 5.41) is 6.27. The molecule has 0 radical (unpaired) electrons. The van der Waals surface area contributed by atoms with Gasteiger partial charge in [-0.15, -0.1) is 0 Å². The SMILES string of the molecule is C.c1cc2c(cc1-c1ccc3cc(-c4ccc5nc([C@@H]6C[C@H]7C[C@H]7N6)[nH]c5c4)ccc3c1)CC(C1C[C@@H]3C[C@@H]3C1)=N2. The van der Waals surface area contributed by atoms with Crippen molar-refractivity contribution in [2.24, 2.45) is 28.7 Å². The van der Waals surface area contributed by atoms with Crippen LogP contribution >= 0.6 is 0 Å². The van der Waals surface area contributed by atoms with E-state index in [9.17, 15) is 0 Å². The van der Waals surface area contributed by atoms with Gasteiger partial charge in [0.2, 0.25) is 0 Å². The third kappa shape index (κ3) is 3.91. The highest BCUT2D eigenvalue weighted by Crippen LogP contribution is 2.55. The van der Waals surface area contributed by atoms with Crippen LogP contribution in [0, 0.1) is 23.7 Å². The molecule has 1 saturated heterocycles. The summed E-state index contributed by atoms with van der Waals surface area (Å²) in [5.41, 5.74) is 11.3. The third-order valence-corrected chi connectivity index (χ3v) is 10.6. The van der Waals surface area contributed by atoms with Crippen LogP contribution in [0.4, 0.5) is 5.69 Å². The van der Waals surface area contributed by atoms with Gasteiger partial charge in [0, 0.05) is 18.2 Å². The van der Waals surface area contributed by atoms with Crippen LogP contribution in [-0.4, -0.2) is 21.7 Å². The summed E-state index contributed by atoms with van der Waals surface area (Å²) < 4.78 is 0. The number of nitrogens with zero attached hydrogens (tertiary/aromatic N) is 2. The molecular weight excluding hydrogens is 500 g/mol. The second-order valence-electron chi connectivity index (χ2n) is 13.2. The van der Waals surface area contributed by atoms with Gasteiger partial charge in [-0.1, -0.05) is 43.8 Å². The lowest BCUT2D eigenvalue weighted by Crippen LogP contribution is -2.18. The number of benzene rings is 4. The summed E-state index contributed by atoms with van der Waals surface area (Å²) in [5.74, 6) is 4.71. The van der Waals surface area contributed by atoms with E-state index < -0.39 is 0 Å². The van der Waals surface area contributed by atoms with Gasteiger partial charge >= 0.3 is 0 Å². The number of nitrogens with one attached hydrogen (secondary N) is 2. The standard InChI is InChI=1S/C36H32N4.CH4/c1-2-21(23-5-7-30-28(11-23)16-32(37-30)27-13-25-12-26(25)14-27)9-19-3-4-22(10-20(1)19)24-6-8-31-34(15-24)40-36(39-31)35-18-29-17-33(29)38-35;/h1-11,15,25-27,29,33,35,38H,12-14,16-18H2,(H,39,40);1H4/t25-,26+,27?,29-,33-,35+;/m1./s1. The first kappa shape index (κ1) is 23.9. The highest BCUT2D eigenvalue weighted by Gasteiger charge is 2.48. The van der Waals surface area contributed by atoms with Crippen LogP contribution < -0.4 is 5.32 Å². The lowest BCUT2D eigenvalue weighted by molar-refractivity contribution is 0.544. The first-order valence-corrected chi connectivity index (χ1v) is 15.2. The van der Waals surface area contributed by atoms with Crippen LogP contribution in [0.25, 0.3) is 44.1 Å². The van der Waals surface area contributed by atoms with Gasteiger partial charge in [0.05, 0.1) is 22.8 Å². The lowest BCUT2D eigenvalue weighted by atomic mass is 9.93. The highest BCUT2D eigenvalue weighted by atomic mass is 15.1. The predicted molar refractivity (Wildman–Crippen MR) is 169 cm³/mol. The number of aliphatic imine (C=N–C) groups is 1. The van der Waals surface area contributed by atoms with Gasteiger partial charge in [-0.2, -0.15) is 0 Å². The quantitative estimate of drug-likeness (QED) is 0.241. The minimum atomic E-state index is 0. The number of imidazole rings is 1. The van der Waals surface area contributed by atoms with E-state index in [0.717, 1.165) is 53.0 Å². The molecule has 3 heterocycles. The van der Waals surface area contributed by atoms with E-state index >= 15 is 0 Å². The molecule has 4 fully saturated rings. The Hall–Kier alpha value is -3.76. The molecule has 6 atom stereocenters. The summed E-state index contributed by atoms with van der Waals surface area (Å²) >= 11 is 0. The Morgan fingerprint density at radius 2 is 1.37 bits per heavy atom. The van der Waals surface area contributed by atoms with E-state index in [1.807, 2.05) is 0 Å². The maximum atomic E-state index is 5.06. The minimum absolute atomic E-state index is 0. The fourth-order valence-electron chi connectivity index (χ4n) is 8.14. The number of fused-ring (bicyclic) bond motifs is 5. The van der Waals surface area contributed by atoms with Crippen molar-refractivity contribution >= 4 is 33.2 Å². The van der Waals surface area contributed by atoms with Crippen molar-refractivity contribution in [3.05, 3.63) is 84.2 Å². The molecule has 3 saturated carbocycles. The summed E-state index contributed by atoms with van der Waals surface area (Å²) in [4.78, 5) is 13.6. The fraction of sp³-hybridized carbons (Fsp3) is 0.351. The van der Waals surface area contributed by atoms with Crippen LogP contribution in [0.3, 0.4) is 0 Å². The average Bonchev–Trinajstić information content (AvgIpc) is 3.57. The highest BCUT2D eigenvalue weighted by molar-refractivity contribution is 5.97. The van der Waals surface area contributed by atoms with Gasteiger partial charge in [-0.25, -0.2) is 4.98 Å². The van der Waals surface area contributed by atoms with Crippen LogP contribution in [0.15, 0.2) is 77.8 Å². The minimum Gasteiger partial charge on any atom is -0.341 e. The second-order valence-corrected chi connectivity index (χ2v) is 13.2. The molecule has 4 nitrogen and oxygen atoms in total. The van der Waals surface area contributed by atoms with Crippen molar-refractivity contribution in [3.63, 3.8) is 0 Å². The van der Waals surface area contributed by atoms with E-state index in [1.165, 1.54) is 82.1 Å². The Bertz CT molecular complexity index is 1880. The molecule has 1 unspecified atom stereocenters. The van der Waals surface area contributed by atoms with E-state index in [2.05, 4.69) is 83.1 Å². The van der Waals surface area contributed by atoms with Gasteiger partial charge in [-0.3, -0.25) is 4.99 Å². The summed E-state index contributed by atoms with van der Waals surface area (Å²) in [6.07, 6.45) is 7.84. The molecule has 41 heavy (non-hydrogen) atoms. The van der Waals surface area contributed by atoms with E-state index in [4.69, 9.17) is 9.98 Å². The van der Waals surface area contributed by atoms with Gasteiger partial charge in [0.25, 0.3) is 0 Å².